The molecule has 1 aromatic carbocycles. The number of hydrogen-bond donors (Lipinski definition) is 0. The first-order chi connectivity index (χ1) is 10.0. The molecule has 0 spiro atoms. The predicted molar refractivity (Wildman–Crippen MR) is 72.4 cm³/mol. The van der Waals surface area contributed by atoms with Gasteiger partial charge in [0, 0.05) is 5.39 Å². The first-order valence-electron chi connectivity index (χ1n) is 5.76. The highest BCUT2D eigenvalue weighted by molar-refractivity contribution is 5.96. The molecule has 0 aromatic heterocycles. The van der Waals surface area contributed by atoms with Crippen LogP contribution < -0.4 is 5.43 Å². The molecule has 21 heavy (non-hydrogen) atoms. The number of benzene rings is 2. The number of fused-ring (bicyclic) bond motifs is 3. The fourth-order valence-electron chi connectivity index (χ4n) is 2.23. The Hall–Kier alpha value is -3.29. The molecule has 2 aliphatic rings. The summed E-state index contributed by atoms with van der Waals surface area (Å²) in [5.41, 5.74) is -2.99. The van der Waals surface area contributed by atoms with E-state index in [4.69, 9.17) is 4.42 Å². The fraction of sp³-hybridized carbons (Fsp3) is 0. The van der Waals surface area contributed by atoms with Gasteiger partial charge in [0.2, 0.25) is 0 Å². The smallest absolute Gasteiger partial charge is 0.393 e. The topological polar surface area (TPSA) is 116 Å². The van der Waals surface area contributed by atoms with Crippen molar-refractivity contribution < 1.29 is 14.3 Å². The van der Waals surface area contributed by atoms with Gasteiger partial charge in [0.25, 0.3) is 5.43 Å². The van der Waals surface area contributed by atoms with Crippen LogP contribution in [0.1, 0.15) is 0 Å². The molecule has 0 atom stereocenters. The summed E-state index contributed by atoms with van der Waals surface area (Å²) in [4.78, 5) is 32.2. The number of hydrogen-bond acceptors (Lipinski definition) is 6. The van der Waals surface area contributed by atoms with Gasteiger partial charge < -0.3 is 4.42 Å². The average molecular weight is 286 g/mol. The number of rotatable bonds is 2. The van der Waals surface area contributed by atoms with Gasteiger partial charge in [0.15, 0.2) is 0 Å². The fourth-order valence-corrected chi connectivity index (χ4v) is 2.23. The minimum atomic E-state index is -1.06. The van der Waals surface area contributed by atoms with Crippen molar-refractivity contribution in [1.29, 1.82) is 0 Å². The van der Waals surface area contributed by atoms with Gasteiger partial charge in [-0.25, -0.2) is 0 Å². The highest BCUT2D eigenvalue weighted by atomic mass is 16.6. The van der Waals surface area contributed by atoms with E-state index in [1.807, 2.05) is 0 Å². The third-order valence-corrected chi connectivity index (χ3v) is 3.12. The molecule has 104 valence electrons. The van der Waals surface area contributed by atoms with Crippen molar-refractivity contribution in [3.63, 3.8) is 0 Å². The molecule has 0 amide bonds. The van der Waals surface area contributed by atoms with Crippen molar-refractivity contribution in [3.8, 4) is 11.3 Å². The SMILES string of the molecule is O=c1c([N+](=O)[O-])c([N+](=O)[O-])cc2occ3ccccc3c1-2. The van der Waals surface area contributed by atoms with Crippen molar-refractivity contribution in [3.05, 3.63) is 67.0 Å². The Morgan fingerprint density at radius 2 is 1.76 bits per heavy atom. The van der Waals surface area contributed by atoms with Gasteiger partial charge in [0.05, 0.1) is 27.7 Å². The molecular weight excluding hydrogens is 280 g/mol. The molecule has 0 radical (unpaired) electrons. The molecule has 0 bridgehead atoms. The maximum absolute atomic E-state index is 12.3. The Labute approximate surface area is 115 Å². The minimum Gasteiger partial charge on any atom is -0.463 e. The van der Waals surface area contributed by atoms with Crippen molar-refractivity contribution in [1.82, 2.24) is 0 Å². The van der Waals surface area contributed by atoms with Crippen LogP contribution in [0, 0.1) is 20.2 Å². The Balaban J connectivity index is 2.58. The van der Waals surface area contributed by atoms with E-state index in [0.717, 1.165) is 6.07 Å². The Morgan fingerprint density at radius 3 is 2.43 bits per heavy atom. The second-order valence-electron chi connectivity index (χ2n) is 4.28. The number of nitro benzene ring substituents is 2. The molecule has 0 N–H and O–H groups in total. The lowest BCUT2D eigenvalue weighted by molar-refractivity contribution is -0.423. The van der Waals surface area contributed by atoms with E-state index in [9.17, 15) is 25.0 Å². The molecule has 8 heteroatoms. The summed E-state index contributed by atoms with van der Waals surface area (Å²) in [6.07, 6.45) is 1.34. The number of nitrogens with zero attached hydrogens (tertiary/aromatic N) is 2. The summed E-state index contributed by atoms with van der Waals surface area (Å²) >= 11 is 0. The van der Waals surface area contributed by atoms with Crippen LogP contribution in [0.2, 0.25) is 0 Å². The third-order valence-electron chi connectivity index (χ3n) is 3.12. The molecule has 1 aliphatic carbocycles. The van der Waals surface area contributed by atoms with Crippen LogP contribution in [-0.2, 0) is 0 Å². The lowest BCUT2D eigenvalue weighted by Gasteiger charge is -2.07. The molecule has 0 fully saturated rings. The normalized spacial score (nSPS) is 10.9. The van der Waals surface area contributed by atoms with E-state index < -0.39 is 26.7 Å². The summed E-state index contributed by atoms with van der Waals surface area (Å²) in [7, 11) is 0. The predicted octanol–water partition coefficient (Wildman–Crippen LogP) is 2.71. The summed E-state index contributed by atoms with van der Waals surface area (Å²) in [6.45, 7) is 0. The van der Waals surface area contributed by atoms with Gasteiger partial charge in [-0.1, -0.05) is 24.3 Å². The van der Waals surface area contributed by atoms with Gasteiger partial charge in [-0.2, -0.15) is 0 Å². The van der Waals surface area contributed by atoms with Crippen LogP contribution in [-0.4, -0.2) is 9.85 Å². The summed E-state index contributed by atoms with van der Waals surface area (Å²) < 4.78 is 5.20. The average Bonchev–Trinajstić information content (AvgIpc) is 2.45. The van der Waals surface area contributed by atoms with Gasteiger partial charge in [0.1, 0.15) is 5.76 Å². The van der Waals surface area contributed by atoms with Crippen LogP contribution in [0.4, 0.5) is 11.4 Å². The van der Waals surface area contributed by atoms with E-state index in [-0.39, 0.29) is 11.3 Å². The zero-order chi connectivity index (χ0) is 15.1. The number of nitro groups is 2. The first-order valence-corrected chi connectivity index (χ1v) is 5.76. The highest BCUT2D eigenvalue weighted by Gasteiger charge is 2.34. The van der Waals surface area contributed by atoms with Gasteiger partial charge >= 0.3 is 11.4 Å². The zero-order valence-electron chi connectivity index (χ0n) is 10.3. The Kier molecular flexibility index (Phi) is 2.65. The van der Waals surface area contributed by atoms with Crippen LogP contribution in [0.5, 0.6) is 0 Å². The lowest BCUT2D eigenvalue weighted by Crippen LogP contribution is -2.14. The maximum atomic E-state index is 12.3. The quantitative estimate of drug-likeness (QED) is 0.406. The molecule has 1 aliphatic heterocycles. The standard InChI is InChI=1S/C13H6N2O6/c16-13-11-8-4-2-1-3-7(8)6-21-10(11)5-9(14(17)18)12(13)15(19)20/h1-6H. The second kappa shape index (κ2) is 4.37. The van der Waals surface area contributed by atoms with Crippen molar-refractivity contribution >= 4 is 22.1 Å². The maximum Gasteiger partial charge on any atom is 0.393 e. The van der Waals surface area contributed by atoms with E-state index in [1.54, 1.807) is 24.3 Å². The van der Waals surface area contributed by atoms with Gasteiger partial charge in [-0.3, -0.25) is 25.0 Å². The lowest BCUT2D eigenvalue weighted by atomic mass is 10.0. The molecule has 0 saturated carbocycles. The molecule has 3 rings (SSSR count). The third kappa shape index (κ3) is 1.81. The summed E-state index contributed by atoms with van der Waals surface area (Å²) in [5.74, 6) is -0.0593. The van der Waals surface area contributed by atoms with Crippen LogP contribution in [0.15, 0.2) is 45.8 Å². The molecule has 8 nitrogen and oxygen atoms in total. The van der Waals surface area contributed by atoms with E-state index >= 15 is 0 Å². The Morgan fingerprint density at radius 1 is 1.05 bits per heavy atom. The first kappa shape index (κ1) is 12.7. The molecular formula is C13H6N2O6. The van der Waals surface area contributed by atoms with E-state index in [1.165, 1.54) is 6.26 Å². The van der Waals surface area contributed by atoms with Crippen molar-refractivity contribution in [2.75, 3.05) is 0 Å². The zero-order valence-corrected chi connectivity index (χ0v) is 10.3. The van der Waals surface area contributed by atoms with Crippen molar-refractivity contribution in [2.24, 2.45) is 0 Å². The second-order valence-corrected chi connectivity index (χ2v) is 4.28. The van der Waals surface area contributed by atoms with E-state index in [0.29, 0.717) is 10.8 Å². The largest absolute Gasteiger partial charge is 0.463 e. The summed E-state index contributed by atoms with van der Waals surface area (Å²) in [5, 5.41) is 22.9. The van der Waals surface area contributed by atoms with Crippen LogP contribution in [0.3, 0.4) is 0 Å². The Bertz CT molecular complexity index is 930. The van der Waals surface area contributed by atoms with Crippen LogP contribution >= 0.6 is 0 Å². The van der Waals surface area contributed by atoms with Crippen molar-refractivity contribution in [2.45, 2.75) is 0 Å². The van der Waals surface area contributed by atoms with Gasteiger partial charge in [-0.15, -0.1) is 0 Å². The molecule has 1 heterocycles. The molecule has 1 aromatic rings. The highest BCUT2D eigenvalue weighted by Crippen LogP contribution is 2.35. The molecule has 0 unspecified atom stereocenters. The summed E-state index contributed by atoms with van der Waals surface area (Å²) in [6, 6.07) is 7.55. The van der Waals surface area contributed by atoms with Gasteiger partial charge in [-0.05, 0) is 5.39 Å². The monoisotopic (exact) mass is 286 g/mol. The van der Waals surface area contributed by atoms with E-state index in [2.05, 4.69) is 0 Å². The molecule has 0 saturated heterocycles. The minimum absolute atomic E-state index is 0.0367. The van der Waals surface area contributed by atoms with Crippen LogP contribution in [0.25, 0.3) is 22.1 Å².